The maximum Gasteiger partial charge on any atom is 0.248 e. The van der Waals surface area contributed by atoms with Crippen molar-refractivity contribution < 1.29 is 4.79 Å². The molecule has 4 heteroatoms. The Kier molecular flexibility index (Phi) is 4.04. The molecule has 0 bridgehead atoms. The summed E-state index contributed by atoms with van der Waals surface area (Å²) in [6, 6.07) is 5.50. The Morgan fingerprint density at radius 1 is 1.42 bits per heavy atom. The van der Waals surface area contributed by atoms with Crippen molar-refractivity contribution in [2.24, 2.45) is 11.1 Å². The van der Waals surface area contributed by atoms with Crippen molar-refractivity contribution in [2.45, 2.75) is 45.6 Å². The van der Waals surface area contributed by atoms with E-state index in [2.05, 4.69) is 19.2 Å². The number of rotatable bonds is 3. The van der Waals surface area contributed by atoms with Crippen molar-refractivity contribution in [3.63, 3.8) is 0 Å². The molecule has 0 spiro atoms. The van der Waals surface area contributed by atoms with Gasteiger partial charge in [0.25, 0.3) is 0 Å². The van der Waals surface area contributed by atoms with Gasteiger partial charge in [-0.25, -0.2) is 0 Å². The average molecular weight is 281 g/mol. The molecule has 1 aliphatic rings. The largest absolute Gasteiger partial charge is 0.381 e. The number of nitrogens with two attached hydrogens (primary N) is 1. The Labute approximate surface area is 119 Å². The summed E-state index contributed by atoms with van der Waals surface area (Å²) in [6.07, 6.45) is 4.84. The highest BCUT2D eigenvalue weighted by molar-refractivity contribution is 6.33. The lowest BCUT2D eigenvalue weighted by molar-refractivity contribution is 0.100. The van der Waals surface area contributed by atoms with Crippen LogP contribution in [0.5, 0.6) is 0 Å². The van der Waals surface area contributed by atoms with Gasteiger partial charge >= 0.3 is 0 Å². The lowest BCUT2D eigenvalue weighted by Crippen LogP contribution is -2.39. The van der Waals surface area contributed by atoms with Gasteiger partial charge in [-0.2, -0.15) is 0 Å². The Balaban J connectivity index is 2.22. The van der Waals surface area contributed by atoms with Gasteiger partial charge in [-0.05, 0) is 36.5 Å². The van der Waals surface area contributed by atoms with Gasteiger partial charge in [0.05, 0.1) is 10.7 Å². The van der Waals surface area contributed by atoms with E-state index < -0.39 is 5.91 Å². The van der Waals surface area contributed by atoms with Crippen LogP contribution in [0.15, 0.2) is 18.2 Å². The van der Waals surface area contributed by atoms with E-state index in [0.717, 1.165) is 12.1 Å². The molecule has 0 aliphatic heterocycles. The zero-order valence-electron chi connectivity index (χ0n) is 11.5. The molecule has 0 saturated heterocycles. The first-order chi connectivity index (χ1) is 8.90. The molecule has 0 aromatic heterocycles. The summed E-state index contributed by atoms with van der Waals surface area (Å²) in [5.74, 6) is -0.428. The second kappa shape index (κ2) is 5.41. The summed E-state index contributed by atoms with van der Waals surface area (Å²) >= 11 is 6.20. The first-order valence-electron chi connectivity index (χ1n) is 6.76. The molecular weight excluding hydrogens is 260 g/mol. The predicted octanol–water partition coefficient (Wildman–Crippen LogP) is 3.82. The Morgan fingerprint density at radius 2 is 2.16 bits per heavy atom. The maximum atomic E-state index is 11.2. The number of benzene rings is 1. The van der Waals surface area contributed by atoms with Gasteiger partial charge in [-0.15, -0.1) is 0 Å². The molecule has 1 aromatic rings. The van der Waals surface area contributed by atoms with Gasteiger partial charge in [0.2, 0.25) is 5.91 Å². The third kappa shape index (κ3) is 3.21. The molecule has 1 aromatic carbocycles. The fraction of sp³-hybridized carbons (Fsp3) is 0.533. The number of hydrogen-bond acceptors (Lipinski definition) is 2. The van der Waals surface area contributed by atoms with Crippen molar-refractivity contribution >= 4 is 23.2 Å². The van der Waals surface area contributed by atoms with Gasteiger partial charge in [0.15, 0.2) is 0 Å². The summed E-state index contributed by atoms with van der Waals surface area (Å²) in [6.45, 7) is 4.55. The molecule has 104 valence electrons. The number of carbonyl (C=O) groups is 1. The molecule has 2 rings (SSSR count). The van der Waals surface area contributed by atoms with E-state index >= 15 is 0 Å². The molecule has 0 radical (unpaired) electrons. The van der Waals surface area contributed by atoms with Crippen LogP contribution in [0.3, 0.4) is 0 Å². The highest BCUT2D eigenvalue weighted by Crippen LogP contribution is 2.38. The van der Waals surface area contributed by atoms with Crippen LogP contribution in [0, 0.1) is 5.41 Å². The fourth-order valence-corrected chi connectivity index (χ4v) is 2.91. The van der Waals surface area contributed by atoms with E-state index in [1.54, 1.807) is 18.2 Å². The molecule has 3 nitrogen and oxygen atoms in total. The van der Waals surface area contributed by atoms with Gasteiger partial charge in [-0.1, -0.05) is 38.3 Å². The SMILES string of the molecule is CC1(C)CCCCC1Nc1cc(C(N)=O)ccc1Cl. The van der Waals surface area contributed by atoms with E-state index in [1.807, 2.05) is 0 Å². The van der Waals surface area contributed by atoms with Gasteiger partial charge in [-0.3, -0.25) is 4.79 Å². The maximum absolute atomic E-state index is 11.2. The summed E-state index contributed by atoms with van der Waals surface area (Å²) in [7, 11) is 0. The van der Waals surface area contributed by atoms with Gasteiger partial charge in [0.1, 0.15) is 0 Å². The van der Waals surface area contributed by atoms with Crippen LogP contribution in [-0.4, -0.2) is 11.9 Å². The minimum atomic E-state index is -0.428. The second-order valence-electron chi connectivity index (χ2n) is 5.99. The Morgan fingerprint density at radius 3 is 2.79 bits per heavy atom. The van der Waals surface area contributed by atoms with Gasteiger partial charge < -0.3 is 11.1 Å². The molecule has 19 heavy (non-hydrogen) atoms. The topological polar surface area (TPSA) is 55.1 Å². The molecule has 1 fully saturated rings. The monoisotopic (exact) mass is 280 g/mol. The number of anilines is 1. The smallest absolute Gasteiger partial charge is 0.248 e. The van der Waals surface area contributed by atoms with Crippen LogP contribution in [0.1, 0.15) is 49.9 Å². The molecule has 1 aliphatic carbocycles. The first-order valence-corrected chi connectivity index (χ1v) is 7.14. The van der Waals surface area contributed by atoms with E-state index in [-0.39, 0.29) is 5.41 Å². The van der Waals surface area contributed by atoms with Crippen LogP contribution < -0.4 is 11.1 Å². The summed E-state index contributed by atoms with van der Waals surface area (Å²) in [5, 5.41) is 4.13. The van der Waals surface area contributed by atoms with Crippen LogP contribution in [0.25, 0.3) is 0 Å². The quantitative estimate of drug-likeness (QED) is 0.884. The van der Waals surface area contributed by atoms with Crippen LogP contribution in [0.4, 0.5) is 5.69 Å². The standard InChI is InChI=1S/C15H21ClN2O/c1-15(2)8-4-3-5-13(15)18-12-9-10(14(17)19)6-7-11(12)16/h6-7,9,13,18H,3-5,8H2,1-2H3,(H2,17,19). The van der Waals surface area contributed by atoms with E-state index in [1.165, 1.54) is 19.3 Å². The minimum absolute atomic E-state index is 0.240. The van der Waals surface area contributed by atoms with Crippen molar-refractivity contribution in [3.05, 3.63) is 28.8 Å². The van der Waals surface area contributed by atoms with Crippen LogP contribution in [-0.2, 0) is 0 Å². The lowest BCUT2D eigenvalue weighted by Gasteiger charge is -2.39. The molecule has 1 amide bonds. The Bertz CT molecular complexity index is 485. The van der Waals surface area contributed by atoms with Crippen LogP contribution in [0.2, 0.25) is 5.02 Å². The summed E-state index contributed by atoms with van der Waals surface area (Å²) < 4.78 is 0. The van der Waals surface area contributed by atoms with E-state index in [0.29, 0.717) is 16.6 Å². The predicted molar refractivity (Wildman–Crippen MR) is 79.6 cm³/mol. The highest BCUT2D eigenvalue weighted by Gasteiger charge is 2.32. The summed E-state index contributed by atoms with van der Waals surface area (Å²) in [5.41, 5.74) is 6.84. The summed E-state index contributed by atoms with van der Waals surface area (Å²) in [4.78, 5) is 11.2. The molecule has 0 heterocycles. The molecular formula is C15H21ClN2O. The fourth-order valence-electron chi connectivity index (χ4n) is 2.74. The number of carbonyl (C=O) groups excluding carboxylic acids is 1. The molecule has 1 atom stereocenters. The Hall–Kier alpha value is -1.22. The van der Waals surface area contributed by atoms with E-state index in [4.69, 9.17) is 17.3 Å². The van der Waals surface area contributed by atoms with Crippen molar-refractivity contribution in [1.29, 1.82) is 0 Å². The third-order valence-corrected chi connectivity index (χ3v) is 4.42. The number of halogens is 1. The number of primary amides is 1. The highest BCUT2D eigenvalue weighted by atomic mass is 35.5. The normalized spacial score (nSPS) is 21.9. The van der Waals surface area contributed by atoms with Crippen molar-refractivity contribution in [2.75, 3.05) is 5.32 Å². The molecule has 1 saturated carbocycles. The molecule has 3 N–H and O–H groups in total. The van der Waals surface area contributed by atoms with Crippen LogP contribution >= 0.6 is 11.6 Å². The number of amides is 1. The van der Waals surface area contributed by atoms with E-state index in [9.17, 15) is 4.79 Å². The van der Waals surface area contributed by atoms with Crippen molar-refractivity contribution in [3.8, 4) is 0 Å². The number of nitrogens with one attached hydrogen (secondary N) is 1. The van der Waals surface area contributed by atoms with Gasteiger partial charge in [0, 0.05) is 11.6 Å². The minimum Gasteiger partial charge on any atom is -0.381 e. The average Bonchev–Trinajstić information content (AvgIpc) is 2.34. The molecule has 1 unspecified atom stereocenters. The first kappa shape index (κ1) is 14.2. The van der Waals surface area contributed by atoms with Crippen molar-refractivity contribution in [1.82, 2.24) is 0 Å². The second-order valence-corrected chi connectivity index (χ2v) is 6.40. The zero-order chi connectivity index (χ0) is 14.0. The third-order valence-electron chi connectivity index (χ3n) is 4.09. The number of hydrogen-bond donors (Lipinski definition) is 2. The lowest BCUT2D eigenvalue weighted by atomic mass is 9.73. The zero-order valence-corrected chi connectivity index (χ0v) is 12.3.